The van der Waals surface area contributed by atoms with E-state index >= 15 is 0 Å². The Morgan fingerprint density at radius 1 is 1.50 bits per heavy atom. The monoisotopic (exact) mass is 227 g/mol. The molecule has 2 aliphatic heterocycles. The maximum atomic E-state index is 11.6. The van der Waals surface area contributed by atoms with Crippen molar-refractivity contribution in [2.75, 3.05) is 19.8 Å². The molecule has 0 radical (unpaired) electrons. The van der Waals surface area contributed by atoms with Gasteiger partial charge in [-0.3, -0.25) is 4.79 Å². The molecule has 2 unspecified atom stereocenters. The van der Waals surface area contributed by atoms with Gasteiger partial charge in [0, 0.05) is 19.6 Å². The van der Waals surface area contributed by atoms with E-state index in [9.17, 15) is 9.59 Å². The SMILES string of the molecule is O=C(O)C1CCC(=O)N1CC1CCCOC1. The maximum Gasteiger partial charge on any atom is 0.326 e. The van der Waals surface area contributed by atoms with Crippen LogP contribution < -0.4 is 0 Å². The van der Waals surface area contributed by atoms with E-state index in [2.05, 4.69) is 0 Å². The summed E-state index contributed by atoms with van der Waals surface area (Å²) < 4.78 is 5.34. The number of carboxylic acids is 1. The largest absolute Gasteiger partial charge is 0.480 e. The molecular weight excluding hydrogens is 210 g/mol. The van der Waals surface area contributed by atoms with Crippen molar-refractivity contribution in [2.45, 2.75) is 31.7 Å². The Morgan fingerprint density at radius 3 is 2.94 bits per heavy atom. The van der Waals surface area contributed by atoms with Crippen molar-refractivity contribution in [2.24, 2.45) is 5.92 Å². The van der Waals surface area contributed by atoms with Crippen molar-refractivity contribution in [3.63, 3.8) is 0 Å². The number of rotatable bonds is 3. The Kier molecular flexibility index (Phi) is 3.43. The predicted octanol–water partition coefficient (Wildman–Crippen LogP) is 0.489. The summed E-state index contributed by atoms with van der Waals surface area (Å²) in [7, 11) is 0. The van der Waals surface area contributed by atoms with Crippen LogP contribution in [0.1, 0.15) is 25.7 Å². The summed E-state index contributed by atoms with van der Waals surface area (Å²) in [5, 5.41) is 9.01. The molecule has 2 saturated heterocycles. The maximum absolute atomic E-state index is 11.6. The fraction of sp³-hybridized carbons (Fsp3) is 0.818. The van der Waals surface area contributed by atoms with E-state index in [1.807, 2.05) is 0 Å². The van der Waals surface area contributed by atoms with Crippen molar-refractivity contribution in [3.8, 4) is 0 Å². The number of aliphatic carboxylic acids is 1. The molecule has 2 heterocycles. The van der Waals surface area contributed by atoms with Crippen LogP contribution >= 0.6 is 0 Å². The van der Waals surface area contributed by atoms with Crippen LogP contribution in [0.3, 0.4) is 0 Å². The van der Waals surface area contributed by atoms with Crippen LogP contribution in [-0.2, 0) is 14.3 Å². The molecule has 16 heavy (non-hydrogen) atoms. The summed E-state index contributed by atoms with van der Waals surface area (Å²) in [4.78, 5) is 24.1. The van der Waals surface area contributed by atoms with Gasteiger partial charge in [-0.2, -0.15) is 0 Å². The van der Waals surface area contributed by atoms with Crippen LogP contribution in [0.25, 0.3) is 0 Å². The van der Waals surface area contributed by atoms with Crippen molar-refractivity contribution in [3.05, 3.63) is 0 Å². The summed E-state index contributed by atoms with van der Waals surface area (Å²) in [6.45, 7) is 1.97. The first kappa shape index (κ1) is 11.4. The van der Waals surface area contributed by atoms with Crippen LogP contribution in [0.15, 0.2) is 0 Å². The van der Waals surface area contributed by atoms with E-state index in [-0.39, 0.29) is 5.91 Å². The topological polar surface area (TPSA) is 66.8 Å². The van der Waals surface area contributed by atoms with Gasteiger partial charge in [-0.1, -0.05) is 0 Å². The van der Waals surface area contributed by atoms with Crippen molar-refractivity contribution >= 4 is 11.9 Å². The third-order valence-corrected chi connectivity index (χ3v) is 3.32. The number of carboxylic acid groups (broad SMARTS) is 1. The quantitative estimate of drug-likeness (QED) is 0.762. The minimum Gasteiger partial charge on any atom is -0.480 e. The molecule has 1 N–H and O–H groups in total. The fourth-order valence-electron chi connectivity index (χ4n) is 2.45. The Bertz CT molecular complexity index is 286. The molecule has 2 atom stereocenters. The van der Waals surface area contributed by atoms with E-state index in [0.717, 1.165) is 19.4 Å². The number of carbonyl (C=O) groups is 2. The van der Waals surface area contributed by atoms with Crippen LogP contribution in [-0.4, -0.2) is 47.7 Å². The van der Waals surface area contributed by atoms with Gasteiger partial charge < -0.3 is 14.7 Å². The molecule has 0 saturated carbocycles. The number of ether oxygens (including phenoxy) is 1. The molecule has 2 rings (SSSR count). The summed E-state index contributed by atoms with van der Waals surface area (Å²) in [6, 6.07) is -0.616. The van der Waals surface area contributed by atoms with Gasteiger partial charge in [0.1, 0.15) is 6.04 Å². The molecule has 0 bridgehead atoms. The Hall–Kier alpha value is -1.10. The number of amides is 1. The van der Waals surface area contributed by atoms with Gasteiger partial charge >= 0.3 is 5.97 Å². The third kappa shape index (κ3) is 2.35. The lowest BCUT2D eigenvalue weighted by atomic mass is 10.0. The van der Waals surface area contributed by atoms with Gasteiger partial charge in [-0.25, -0.2) is 4.79 Å². The van der Waals surface area contributed by atoms with Gasteiger partial charge in [-0.05, 0) is 25.2 Å². The summed E-state index contributed by atoms with van der Waals surface area (Å²) in [5.74, 6) is -0.613. The minimum absolute atomic E-state index is 0.0297. The standard InChI is InChI=1S/C11H17NO4/c13-10-4-3-9(11(14)15)12(10)6-8-2-1-5-16-7-8/h8-9H,1-7H2,(H,14,15). The van der Waals surface area contributed by atoms with Crippen LogP contribution in [0.2, 0.25) is 0 Å². The summed E-state index contributed by atoms with van der Waals surface area (Å²) in [5.41, 5.74) is 0. The molecule has 90 valence electrons. The molecule has 0 spiro atoms. The molecular formula is C11H17NO4. The van der Waals surface area contributed by atoms with Crippen molar-refractivity contribution in [1.82, 2.24) is 4.90 Å². The number of hydrogen-bond acceptors (Lipinski definition) is 3. The average Bonchev–Trinajstić information content (AvgIpc) is 2.62. The normalized spacial score (nSPS) is 30.8. The molecule has 5 nitrogen and oxygen atoms in total. The highest BCUT2D eigenvalue weighted by molar-refractivity contribution is 5.87. The highest BCUT2D eigenvalue weighted by atomic mass is 16.5. The predicted molar refractivity (Wildman–Crippen MR) is 55.9 cm³/mol. The number of hydrogen-bond donors (Lipinski definition) is 1. The zero-order chi connectivity index (χ0) is 11.5. The van der Waals surface area contributed by atoms with Gasteiger partial charge in [0.2, 0.25) is 5.91 Å². The van der Waals surface area contributed by atoms with Crippen LogP contribution in [0.5, 0.6) is 0 Å². The number of likely N-dealkylation sites (tertiary alicyclic amines) is 1. The number of carbonyl (C=O) groups excluding carboxylic acids is 1. The fourth-order valence-corrected chi connectivity index (χ4v) is 2.45. The van der Waals surface area contributed by atoms with Gasteiger partial charge in [0.15, 0.2) is 0 Å². The molecule has 0 aromatic carbocycles. The molecule has 2 aliphatic rings. The van der Waals surface area contributed by atoms with Gasteiger partial charge in [0.05, 0.1) is 6.61 Å². The number of nitrogens with zero attached hydrogens (tertiary/aromatic N) is 1. The lowest BCUT2D eigenvalue weighted by Gasteiger charge is -2.29. The first-order chi connectivity index (χ1) is 7.68. The molecule has 0 aromatic heterocycles. The smallest absolute Gasteiger partial charge is 0.326 e. The Morgan fingerprint density at radius 2 is 2.31 bits per heavy atom. The average molecular weight is 227 g/mol. The van der Waals surface area contributed by atoms with Crippen molar-refractivity contribution in [1.29, 1.82) is 0 Å². The van der Waals surface area contributed by atoms with Crippen LogP contribution in [0, 0.1) is 5.92 Å². The third-order valence-electron chi connectivity index (χ3n) is 3.32. The lowest BCUT2D eigenvalue weighted by Crippen LogP contribution is -2.42. The Labute approximate surface area is 94.4 Å². The van der Waals surface area contributed by atoms with E-state index in [1.165, 1.54) is 4.90 Å². The first-order valence-corrected chi connectivity index (χ1v) is 5.78. The van der Waals surface area contributed by atoms with E-state index in [1.54, 1.807) is 0 Å². The molecule has 2 fully saturated rings. The van der Waals surface area contributed by atoms with E-state index in [0.29, 0.717) is 31.9 Å². The zero-order valence-corrected chi connectivity index (χ0v) is 9.22. The minimum atomic E-state index is -0.887. The lowest BCUT2D eigenvalue weighted by molar-refractivity contribution is -0.147. The van der Waals surface area contributed by atoms with Gasteiger partial charge in [0.25, 0.3) is 0 Å². The summed E-state index contributed by atoms with van der Waals surface area (Å²) >= 11 is 0. The second-order valence-electron chi connectivity index (χ2n) is 4.52. The molecule has 0 aliphatic carbocycles. The molecule has 0 aromatic rings. The highest BCUT2D eigenvalue weighted by Gasteiger charge is 2.37. The highest BCUT2D eigenvalue weighted by Crippen LogP contribution is 2.23. The van der Waals surface area contributed by atoms with Gasteiger partial charge in [-0.15, -0.1) is 0 Å². The van der Waals surface area contributed by atoms with E-state index < -0.39 is 12.0 Å². The Balaban J connectivity index is 1.95. The molecule has 1 amide bonds. The summed E-state index contributed by atoms with van der Waals surface area (Å²) in [6.07, 6.45) is 2.84. The van der Waals surface area contributed by atoms with Crippen LogP contribution in [0.4, 0.5) is 0 Å². The molecule has 5 heteroatoms. The first-order valence-electron chi connectivity index (χ1n) is 5.78. The zero-order valence-electron chi connectivity index (χ0n) is 9.22. The van der Waals surface area contributed by atoms with E-state index in [4.69, 9.17) is 9.84 Å². The second-order valence-corrected chi connectivity index (χ2v) is 4.52. The van der Waals surface area contributed by atoms with Crippen molar-refractivity contribution < 1.29 is 19.4 Å². The second kappa shape index (κ2) is 4.82.